The molecule has 3 aliphatic rings. The van der Waals surface area contributed by atoms with Crippen molar-refractivity contribution in [2.45, 2.75) is 44.6 Å². The van der Waals surface area contributed by atoms with Crippen LogP contribution in [0.15, 0.2) is 24.3 Å². The number of nitrogens with one attached hydrogen (secondary N) is 2. The smallest absolute Gasteiger partial charge is 0.263 e. The number of pyridine rings is 1. The highest BCUT2D eigenvalue weighted by Gasteiger charge is 2.35. The van der Waals surface area contributed by atoms with Crippen molar-refractivity contribution in [2.24, 2.45) is 0 Å². The summed E-state index contributed by atoms with van der Waals surface area (Å²) in [7, 11) is 0. The molecule has 0 spiro atoms. The number of anilines is 2. The summed E-state index contributed by atoms with van der Waals surface area (Å²) in [5.41, 5.74) is 11.7. The second-order valence-electron chi connectivity index (χ2n) is 9.33. The Morgan fingerprint density at radius 2 is 2.24 bits per heavy atom. The van der Waals surface area contributed by atoms with Gasteiger partial charge in [-0.2, -0.15) is 5.26 Å². The quantitative estimate of drug-likeness (QED) is 0.534. The fourth-order valence-corrected chi connectivity index (χ4v) is 6.43. The fourth-order valence-electron chi connectivity index (χ4n) is 5.39. The van der Waals surface area contributed by atoms with E-state index >= 15 is 0 Å². The zero-order valence-electron chi connectivity index (χ0n) is 18.9. The average molecular weight is 475 g/mol. The van der Waals surface area contributed by atoms with E-state index in [-0.39, 0.29) is 24.3 Å². The number of hydrogen-bond acceptors (Lipinski definition) is 8. The number of carbonyl (C=O) groups is 1. The van der Waals surface area contributed by atoms with Crippen molar-refractivity contribution in [3.05, 3.63) is 51.5 Å². The number of nitrogens with two attached hydrogens (primary N) is 1. The molecule has 0 radical (unpaired) electrons. The summed E-state index contributed by atoms with van der Waals surface area (Å²) in [6.45, 7) is 4.32. The molecule has 2 bridgehead atoms. The van der Waals surface area contributed by atoms with E-state index in [2.05, 4.69) is 38.7 Å². The molecule has 1 aliphatic carbocycles. The highest BCUT2D eigenvalue weighted by atomic mass is 32.1. The number of benzene rings is 1. The Balaban J connectivity index is 1.21. The van der Waals surface area contributed by atoms with Gasteiger partial charge in [-0.15, -0.1) is 11.3 Å². The molecule has 6 rings (SSSR count). The van der Waals surface area contributed by atoms with Crippen LogP contribution in [0.4, 0.5) is 11.4 Å². The van der Waals surface area contributed by atoms with Gasteiger partial charge >= 0.3 is 0 Å². The Labute approximate surface area is 201 Å². The van der Waals surface area contributed by atoms with E-state index in [0.717, 1.165) is 70.8 Å². The zero-order chi connectivity index (χ0) is 23.4. The molecule has 2 saturated heterocycles. The van der Waals surface area contributed by atoms with Crippen LogP contribution in [0.2, 0.25) is 0 Å². The minimum absolute atomic E-state index is 0.000122. The Kier molecular flexibility index (Phi) is 5.17. The lowest BCUT2D eigenvalue weighted by atomic mass is 9.84. The molecule has 2 unspecified atom stereocenters. The van der Waals surface area contributed by atoms with Crippen LogP contribution < -0.4 is 21.3 Å². The highest BCUT2D eigenvalue weighted by molar-refractivity contribution is 7.21. The molecule has 174 valence electrons. The third-order valence-corrected chi connectivity index (χ3v) is 8.18. The summed E-state index contributed by atoms with van der Waals surface area (Å²) in [6.07, 6.45) is 2.45. The van der Waals surface area contributed by atoms with Crippen molar-refractivity contribution < 1.29 is 9.53 Å². The van der Waals surface area contributed by atoms with Crippen molar-refractivity contribution in [1.29, 1.82) is 5.26 Å². The van der Waals surface area contributed by atoms with Gasteiger partial charge in [0.05, 0.1) is 29.6 Å². The predicted molar refractivity (Wildman–Crippen MR) is 132 cm³/mol. The largest absolute Gasteiger partial charge is 0.397 e. The molecule has 9 heteroatoms. The van der Waals surface area contributed by atoms with E-state index < -0.39 is 0 Å². The number of aryl methyl sites for hydroxylation is 1. The van der Waals surface area contributed by atoms with Crippen molar-refractivity contribution in [2.75, 3.05) is 30.3 Å². The molecule has 3 aromatic rings. The first-order chi connectivity index (χ1) is 16.5. The standard InChI is InChI=1S/C25H26N6O2S/c1-13-2-5-18-22(27)23(34-25(18)29-13)24(32)30-15-4-6-17-14(8-15)3-7-20(19(17)9-26)31-11-16-10-28-21(12-31)33-16/h2-3,5,7,15-16,21,28H,4,6,8,10-12,27H2,1H3,(H,30,32)/t15-,16?,21?/m0/s1. The normalized spacial score (nSPS) is 23.5. The molecule has 4 heterocycles. The van der Waals surface area contributed by atoms with Gasteiger partial charge in [-0.05, 0) is 55.5 Å². The number of ether oxygens (including phenoxy) is 1. The van der Waals surface area contributed by atoms with E-state index in [1.807, 2.05) is 19.1 Å². The van der Waals surface area contributed by atoms with E-state index in [1.54, 1.807) is 0 Å². The maximum absolute atomic E-state index is 13.1. The molecule has 4 N–H and O–H groups in total. The predicted octanol–water partition coefficient (Wildman–Crippen LogP) is 2.48. The number of hydrogen-bond donors (Lipinski definition) is 3. The second kappa shape index (κ2) is 8.24. The molecule has 34 heavy (non-hydrogen) atoms. The molecule has 1 amide bonds. The van der Waals surface area contributed by atoms with Crippen molar-refractivity contribution in [3.63, 3.8) is 0 Å². The minimum atomic E-state index is -0.153. The van der Waals surface area contributed by atoms with Gasteiger partial charge in [0.1, 0.15) is 22.0 Å². The molecule has 2 aliphatic heterocycles. The number of amides is 1. The van der Waals surface area contributed by atoms with Crippen LogP contribution in [0.3, 0.4) is 0 Å². The van der Waals surface area contributed by atoms with Gasteiger partial charge in [0.25, 0.3) is 5.91 Å². The topological polar surface area (TPSA) is 116 Å². The van der Waals surface area contributed by atoms with Crippen LogP contribution >= 0.6 is 11.3 Å². The van der Waals surface area contributed by atoms with Crippen LogP contribution in [-0.4, -0.2) is 48.9 Å². The molecular weight excluding hydrogens is 448 g/mol. The number of fused-ring (bicyclic) bond motifs is 4. The maximum Gasteiger partial charge on any atom is 0.263 e. The molecule has 2 fully saturated rings. The summed E-state index contributed by atoms with van der Waals surface area (Å²) in [5.74, 6) is -0.153. The van der Waals surface area contributed by atoms with Crippen LogP contribution in [-0.2, 0) is 17.6 Å². The van der Waals surface area contributed by atoms with Crippen LogP contribution in [0.25, 0.3) is 10.2 Å². The molecule has 2 aromatic heterocycles. The molecule has 3 atom stereocenters. The number of morpholine rings is 1. The Hall–Kier alpha value is -3.19. The number of thiophene rings is 1. The highest BCUT2D eigenvalue weighted by Crippen LogP contribution is 2.35. The lowest BCUT2D eigenvalue weighted by Crippen LogP contribution is -2.45. The van der Waals surface area contributed by atoms with Crippen molar-refractivity contribution in [1.82, 2.24) is 15.6 Å². The lowest BCUT2D eigenvalue weighted by molar-refractivity contribution is 0.0272. The van der Waals surface area contributed by atoms with Gasteiger partial charge < -0.3 is 20.7 Å². The van der Waals surface area contributed by atoms with Crippen molar-refractivity contribution >= 4 is 38.8 Å². The molecule has 1 aromatic carbocycles. The van der Waals surface area contributed by atoms with Gasteiger partial charge in [0.2, 0.25) is 0 Å². The van der Waals surface area contributed by atoms with E-state index in [4.69, 9.17) is 10.5 Å². The summed E-state index contributed by atoms with van der Waals surface area (Å²) >= 11 is 1.34. The van der Waals surface area contributed by atoms with Crippen LogP contribution in [0.1, 0.15) is 38.5 Å². The summed E-state index contributed by atoms with van der Waals surface area (Å²) in [4.78, 5) is 21.1. The zero-order valence-corrected chi connectivity index (χ0v) is 19.7. The van der Waals surface area contributed by atoms with Gasteiger partial charge in [0, 0.05) is 30.2 Å². The van der Waals surface area contributed by atoms with E-state index in [0.29, 0.717) is 17.0 Å². The number of nitriles is 1. The summed E-state index contributed by atoms with van der Waals surface area (Å²) in [5, 5.41) is 17.4. The minimum Gasteiger partial charge on any atom is -0.397 e. The lowest BCUT2D eigenvalue weighted by Gasteiger charge is -2.35. The Bertz CT molecular complexity index is 1330. The first-order valence-corrected chi connectivity index (χ1v) is 12.5. The van der Waals surface area contributed by atoms with E-state index in [9.17, 15) is 10.1 Å². The summed E-state index contributed by atoms with van der Waals surface area (Å²) < 4.78 is 5.87. The molecule has 8 nitrogen and oxygen atoms in total. The van der Waals surface area contributed by atoms with Crippen molar-refractivity contribution in [3.8, 4) is 6.07 Å². The number of nitrogens with zero attached hydrogens (tertiary/aromatic N) is 3. The van der Waals surface area contributed by atoms with Gasteiger partial charge in [-0.25, -0.2) is 4.98 Å². The number of carbonyl (C=O) groups excluding carboxylic acids is 1. The first-order valence-electron chi connectivity index (χ1n) is 11.6. The third kappa shape index (κ3) is 3.59. The van der Waals surface area contributed by atoms with Gasteiger partial charge in [0.15, 0.2) is 0 Å². The first kappa shape index (κ1) is 21.4. The molecule has 0 saturated carbocycles. The SMILES string of the molecule is Cc1ccc2c(N)c(C(=O)N[C@H]3CCc4c(ccc(N5CC6CNC(C5)O6)c4C#N)C3)sc2n1. The second-order valence-corrected chi connectivity index (χ2v) is 10.3. The number of rotatable bonds is 3. The fraction of sp³-hybridized carbons (Fsp3) is 0.400. The van der Waals surface area contributed by atoms with Crippen LogP contribution in [0, 0.1) is 18.3 Å². The van der Waals surface area contributed by atoms with E-state index in [1.165, 1.54) is 11.3 Å². The molecular formula is C25H26N6O2S. The number of aromatic nitrogens is 1. The Morgan fingerprint density at radius 1 is 1.35 bits per heavy atom. The van der Waals surface area contributed by atoms with Crippen LogP contribution in [0.5, 0.6) is 0 Å². The van der Waals surface area contributed by atoms with Gasteiger partial charge in [-0.1, -0.05) is 6.07 Å². The maximum atomic E-state index is 13.1. The third-order valence-electron chi connectivity index (χ3n) is 7.06. The van der Waals surface area contributed by atoms with Gasteiger partial charge in [-0.3, -0.25) is 10.1 Å². The monoisotopic (exact) mass is 474 g/mol. The number of nitrogen functional groups attached to an aromatic ring is 1. The summed E-state index contributed by atoms with van der Waals surface area (Å²) in [6, 6.07) is 10.5. The Morgan fingerprint density at radius 3 is 3.06 bits per heavy atom. The average Bonchev–Trinajstić information content (AvgIpc) is 3.35.